The molecule has 0 bridgehead atoms. The number of rotatable bonds is 2. The Labute approximate surface area is 81.5 Å². The average Bonchev–Trinajstić information content (AvgIpc) is 2.06. The quantitative estimate of drug-likeness (QED) is 0.573. The van der Waals surface area contributed by atoms with Crippen molar-refractivity contribution in [3.05, 3.63) is 23.0 Å². The Balaban J connectivity index is 3.11. The van der Waals surface area contributed by atoms with E-state index in [1.165, 1.54) is 0 Å². The van der Waals surface area contributed by atoms with Crippen molar-refractivity contribution in [1.82, 2.24) is 4.98 Å². The SMILES string of the molecule is O=Cc1ccnc(Cl)c1OC(F)(F)F. The number of alkyl halides is 3. The molecule has 0 aliphatic carbocycles. The van der Waals surface area contributed by atoms with E-state index in [2.05, 4.69) is 9.72 Å². The fraction of sp³-hybridized carbons (Fsp3) is 0.143. The van der Waals surface area contributed by atoms with E-state index in [0.29, 0.717) is 0 Å². The zero-order valence-corrected chi connectivity index (χ0v) is 7.26. The molecule has 7 heteroatoms. The highest BCUT2D eigenvalue weighted by Gasteiger charge is 2.33. The molecule has 0 amide bonds. The normalized spacial score (nSPS) is 11.1. The summed E-state index contributed by atoms with van der Waals surface area (Å²) in [5, 5.41) is -0.507. The van der Waals surface area contributed by atoms with Gasteiger partial charge in [-0.25, -0.2) is 4.98 Å². The molecule has 1 rings (SSSR count). The Hall–Kier alpha value is -1.30. The van der Waals surface area contributed by atoms with Crippen molar-refractivity contribution in [2.45, 2.75) is 6.36 Å². The van der Waals surface area contributed by atoms with E-state index in [1.807, 2.05) is 0 Å². The number of nitrogens with zero attached hydrogens (tertiary/aromatic N) is 1. The van der Waals surface area contributed by atoms with Gasteiger partial charge in [-0.15, -0.1) is 13.2 Å². The van der Waals surface area contributed by atoms with E-state index < -0.39 is 17.3 Å². The van der Waals surface area contributed by atoms with Crippen LogP contribution >= 0.6 is 11.6 Å². The van der Waals surface area contributed by atoms with E-state index in [9.17, 15) is 18.0 Å². The molecule has 0 radical (unpaired) electrons. The minimum atomic E-state index is -4.90. The van der Waals surface area contributed by atoms with Gasteiger partial charge >= 0.3 is 6.36 Å². The maximum Gasteiger partial charge on any atom is 0.573 e. The lowest BCUT2D eigenvalue weighted by atomic mass is 10.3. The molecule has 0 aliphatic heterocycles. The lowest BCUT2D eigenvalue weighted by Crippen LogP contribution is -2.18. The van der Waals surface area contributed by atoms with Gasteiger partial charge in [0, 0.05) is 6.20 Å². The summed E-state index contributed by atoms with van der Waals surface area (Å²) in [6.07, 6.45) is -3.59. The molecule has 0 unspecified atom stereocenters. The van der Waals surface area contributed by atoms with E-state index in [4.69, 9.17) is 11.6 Å². The van der Waals surface area contributed by atoms with Crippen LogP contribution in [0, 0.1) is 0 Å². The molecule has 1 aromatic heterocycles. The van der Waals surface area contributed by atoms with Crippen molar-refractivity contribution in [1.29, 1.82) is 0 Å². The third kappa shape index (κ3) is 2.59. The smallest absolute Gasteiger partial charge is 0.402 e. The van der Waals surface area contributed by atoms with Crippen molar-refractivity contribution in [2.24, 2.45) is 0 Å². The first-order valence-electron chi connectivity index (χ1n) is 3.29. The summed E-state index contributed by atoms with van der Waals surface area (Å²) < 4.78 is 39.0. The fourth-order valence-corrected chi connectivity index (χ4v) is 0.950. The van der Waals surface area contributed by atoms with Crippen LogP contribution < -0.4 is 4.74 Å². The number of carbonyl (C=O) groups is 1. The molecule has 1 aromatic rings. The van der Waals surface area contributed by atoms with Crippen molar-refractivity contribution < 1.29 is 22.7 Å². The second-order valence-corrected chi connectivity index (χ2v) is 2.54. The first-order chi connectivity index (χ1) is 6.44. The number of hydrogen-bond acceptors (Lipinski definition) is 3. The highest BCUT2D eigenvalue weighted by Crippen LogP contribution is 2.30. The zero-order valence-electron chi connectivity index (χ0n) is 6.51. The van der Waals surface area contributed by atoms with Crippen LogP contribution in [0.25, 0.3) is 0 Å². The molecule has 3 nitrogen and oxygen atoms in total. The van der Waals surface area contributed by atoms with E-state index >= 15 is 0 Å². The van der Waals surface area contributed by atoms with Crippen LogP contribution in [0.3, 0.4) is 0 Å². The van der Waals surface area contributed by atoms with Crippen LogP contribution in [0.1, 0.15) is 10.4 Å². The molecule has 0 spiro atoms. The maximum absolute atomic E-state index is 11.8. The molecule has 0 atom stereocenters. The molecule has 0 aromatic carbocycles. The highest BCUT2D eigenvalue weighted by atomic mass is 35.5. The molecule has 76 valence electrons. The molecular formula is C7H3ClF3NO2. The lowest BCUT2D eigenvalue weighted by Gasteiger charge is -2.10. The Morgan fingerprint density at radius 2 is 2.14 bits per heavy atom. The molecule has 0 fully saturated rings. The third-order valence-corrected chi connectivity index (χ3v) is 1.51. The molecule has 1 heterocycles. The first-order valence-corrected chi connectivity index (χ1v) is 3.67. The Kier molecular flexibility index (Phi) is 2.95. The van der Waals surface area contributed by atoms with Gasteiger partial charge in [0.05, 0.1) is 5.56 Å². The van der Waals surface area contributed by atoms with E-state index in [1.54, 1.807) is 0 Å². The van der Waals surface area contributed by atoms with Gasteiger partial charge in [-0.3, -0.25) is 4.79 Å². The maximum atomic E-state index is 11.8. The van der Waals surface area contributed by atoms with Crippen LogP contribution in [0.15, 0.2) is 12.3 Å². The Morgan fingerprint density at radius 1 is 1.50 bits per heavy atom. The molecule has 0 saturated heterocycles. The monoisotopic (exact) mass is 225 g/mol. The molecular weight excluding hydrogens is 223 g/mol. The van der Waals surface area contributed by atoms with Gasteiger partial charge in [-0.2, -0.15) is 0 Å². The van der Waals surface area contributed by atoms with Crippen LogP contribution in [0.5, 0.6) is 5.75 Å². The van der Waals surface area contributed by atoms with E-state index in [-0.39, 0.29) is 11.8 Å². The first kappa shape index (κ1) is 10.8. The van der Waals surface area contributed by atoms with Crippen molar-refractivity contribution >= 4 is 17.9 Å². The van der Waals surface area contributed by atoms with Gasteiger partial charge < -0.3 is 4.74 Å². The van der Waals surface area contributed by atoms with E-state index in [0.717, 1.165) is 12.3 Å². The second-order valence-electron chi connectivity index (χ2n) is 2.19. The summed E-state index contributed by atoms with van der Waals surface area (Å²) in [5.41, 5.74) is -0.303. The number of carbonyl (C=O) groups excluding carboxylic acids is 1. The van der Waals surface area contributed by atoms with Gasteiger partial charge in [-0.1, -0.05) is 11.6 Å². The fourth-order valence-electron chi connectivity index (χ4n) is 0.746. The van der Waals surface area contributed by atoms with Gasteiger partial charge in [0.15, 0.2) is 17.2 Å². The lowest BCUT2D eigenvalue weighted by molar-refractivity contribution is -0.274. The summed E-state index contributed by atoms with van der Waals surface area (Å²) in [5.74, 6) is -0.781. The zero-order chi connectivity index (χ0) is 10.8. The highest BCUT2D eigenvalue weighted by molar-refractivity contribution is 6.31. The van der Waals surface area contributed by atoms with Crippen LogP contribution in [0.4, 0.5) is 13.2 Å². The van der Waals surface area contributed by atoms with Crippen LogP contribution in [-0.2, 0) is 0 Å². The third-order valence-electron chi connectivity index (χ3n) is 1.24. The van der Waals surface area contributed by atoms with Crippen LogP contribution in [0.2, 0.25) is 5.15 Å². The topological polar surface area (TPSA) is 39.2 Å². The number of pyridine rings is 1. The number of ether oxygens (including phenoxy) is 1. The summed E-state index contributed by atoms with van der Waals surface area (Å²) in [6, 6.07) is 1.07. The summed E-state index contributed by atoms with van der Waals surface area (Å²) in [7, 11) is 0. The van der Waals surface area contributed by atoms with Gasteiger partial charge in [0.1, 0.15) is 0 Å². The van der Waals surface area contributed by atoms with Crippen LogP contribution in [-0.4, -0.2) is 17.6 Å². The number of hydrogen-bond donors (Lipinski definition) is 0. The summed E-state index contributed by atoms with van der Waals surface area (Å²) in [6.45, 7) is 0. The number of aromatic nitrogens is 1. The van der Waals surface area contributed by atoms with Crippen molar-refractivity contribution in [3.63, 3.8) is 0 Å². The number of aldehydes is 1. The van der Waals surface area contributed by atoms with Crippen molar-refractivity contribution in [3.8, 4) is 5.75 Å². The molecule has 0 saturated carbocycles. The largest absolute Gasteiger partial charge is 0.573 e. The Morgan fingerprint density at radius 3 is 2.64 bits per heavy atom. The molecule has 0 aliphatic rings. The summed E-state index contributed by atoms with van der Waals surface area (Å²) in [4.78, 5) is 13.7. The van der Waals surface area contributed by atoms with Gasteiger partial charge in [-0.05, 0) is 6.07 Å². The minimum absolute atomic E-state index is 0.203. The average molecular weight is 226 g/mol. The predicted molar refractivity (Wildman–Crippen MR) is 41.3 cm³/mol. The standard InChI is InChI=1S/C7H3ClF3NO2/c8-6-5(14-7(9,10)11)4(3-13)1-2-12-6/h1-3H. The minimum Gasteiger partial charge on any atom is -0.402 e. The van der Waals surface area contributed by atoms with Gasteiger partial charge in [0.25, 0.3) is 0 Å². The van der Waals surface area contributed by atoms with Crippen molar-refractivity contribution in [2.75, 3.05) is 0 Å². The molecule has 0 N–H and O–H groups in total. The predicted octanol–water partition coefficient (Wildman–Crippen LogP) is 2.45. The number of halogens is 4. The Bertz CT molecular complexity index is 353. The molecule has 14 heavy (non-hydrogen) atoms. The summed E-state index contributed by atoms with van der Waals surface area (Å²) >= 11 is 5.32. The van der Waals surface area contributed by atoms with Gasteiger partial charge in [0.2, 0.25) is 0 Å². The second kappa shape index (κ2) is 3.83.